The van der Waals surface area contributed by atoms with Crippen molar-refractivity contribution < 1.29 is 4.79 Å². The lowest BCUT2D eigenvalue weighted by atomic mass is 10.1. The van der Waals surface area contributed by atoms with Gasteiger partial charge in [-0.15, -0.1) is 0 Å². The third-order valence-corrected chi connectivity index (χ3v) is 4.08. The number of nitrogens with one attached hydrogen (secondary N) is 1. The molecule has 2 amide bonds. The van der Waals surface area contributed by atoms with Gasteiger partial charge in [-0.2, -0.15) is 11.3 Å². The fourth-order valence-corrected chi connectivity index (χ4v) is 2.78. The van der Waals surface area contributed by atoms with E-state index in [4.69, 9.17) is 0 Å². The summed E-state index contributed by atoms with van der Waals surface area (Å²) >= 11 is 1.64. The van der Waals surface area contributed by atoms with Gasteiger partial charge in [0.15, 0.2) is 0 Å². The Hall–Kier alpha value is -1.88. The summed E-state index contributed by atoms with van der Waals surface area (Å²) < 4.78 is 0. The van der Waals surface area contributed by atoms with Gasteiger partial charge in [0.25, 0.3) is 0 Å². The molecule has 5 heteroatoms. The van der Waals surface area contributed by atoms with E-state index in [9.17, 15) is 4.79 Å². The quantitative estimate of drug-likeness (QED) is 0.914. The second-order valence-electron chi connectivity index (χ2n) is 5.16. The molecule has 4 nitrogen and oxygen atoms in total. The van der Waals surface area contributed by atoms with E-state index >= 15 is 0 Å². The van der Waals surface area contributed by atoms with Crippen molar-refractivity contribution in [2.24, 2.45) is 0 Å². The van der Waals surface area contributed by atoms with Gasteiger partial charge in [0.05, 0.1) is 11.7 Å². The summed E-state index contributed by atoms with van der Waals surface area (Å²) in [4.78, 5) is 18.3. The first kappa shape index (κ1) is 15.5. The van der Waals surface area contributed by atoms with E-state index in [1.54, 1.807) is 22.4 Å². The van der Waals surface area contributed by atoms with Gasteiger partial charge in [0, 0.05) is 19.8 Å². The van der Waals surface area contributed by atoms with E-state index in [0.29, 0.717) is 6.54 Å². The highest BCUT2D eigenvalue weighted by Gasteiger charge is 2.17. The van der Waals surface area contributed by atoms with Crippen LogP contribution in [0.15, 0.2) is 35.2 Å². The van der Waals surface area contributed by atoms with Gasteiger partial charge in [-0.1, -0.05) is 6.92 Å². The van der Waals surface area contributed by atoms with Gasteiger partial charge in [-0.3, -0.25) is 4.98 Å². The van der Waals surface area contributed by atoms with Gasteiger partial charge in [-0.25, -0.2) is 4.79 Å². The van der Waals surface area contributed by atoms with Crippen LogP contribution in [0.4, 0.5) is 4.79 Å². The predicted octanol–water partition coefficient (Wildman–Crippen LogP) is 3.74. The number of hydrogen-bond acceptors (Lipinski definition) is 3. The van der Waals surface area contributed by atoms with E-state index in [1.165, 1.54) is 0 Å². The van der Waals surface area contributed by atoms with Crippen LogP contribution in [0.5, 0.6) is 0 Å². The van der Waals surface area contributed by atoms with Crippen LogP contribution >= 0.6 is 11.3 Å². The molecule has 2 heterocycles. The fraction of sp³-hybridized carbons (Fsp3) is 0.375. The van der Waals surface area contributed by atoms with E-state index in [2.05, 4.69) is 15.7 Å². The molecule has 1 atom stereocenters. The lowest BCUT2D eigenvalue weighted by Gasteiger charge is -2.22. The Morgan fingerprint density at radius 3 is 2.90 bits per heavy atom. The molecule has 0 spiro atoms. The number of urea groups is 1. The first-order valence-electron chi connectivity index (χ1n) is 7.05. The molecular weight excluding hydrogens is 282 g/mol. The molecule has 0 fully saturated rings. The van der Waals surface area contributed by atoms with Crippen LogP contribution in [-0.4, -0.2) is 23.0 Å². The molecule has 1 N–H and O–H groups in total. The SMILES string of the molecule is CC[C@@H](NC(=O)N(C)Cc1ccsc1)c1cc(C)ccn1. The average molecular weight is 303 g/mol. The normalized spacial score (nSPS) is 12.0. The largest absolute Gasteiger partial charge is 0.330 e. The highest BCUT2D eigenvalue weighted by Crippen LogP contribution is 2.16. The number of hydrogen-bond donors (Lipinski definition) is 1. The van der Waals surface area contributed by atoms with Crippen LogP contribution in [0.1, 0.15) is 36.2 Å². The minimum absolute atomic E-state index is 0.0534. The van der Waals surface area contributed by atoms with E-state index in [0.717, 1.165) is 23.2 Å². The molecule has 0 aliphatic rings. The minimum Gasteiger partial charge on any atom is -0.330 e. The minimum atomic E-state index is -0.0728. The number of aromatic nitrogens is 1. The smallest absolute Gasteiger partial charge is 0.317 e. The summed E-state index contributed by atoms with van der Waals surface area (Å²) in [5.74, 6) is 0. The lowest BCUT2D eigenvalue weighted by molar-refractivity contribution is 0.202. The molecule has 0 aliphatic heterocycles. The summed E-state index contributed by atoms with van der Waals surface area (Å²) in [6.07, 6.45) is 2.60. The molecule has 21 heavy (non-hydrogen) atoms. The number of nitrogens with zero attached hydrogens (tertiary/aromatic N) is 2. The first-order valence-corrected chi connectivity index (χ1v) is 7.99. The Labute approximate surface area is 129 Å². The summed E-state index contributed by atoms with van der Waals surface area (Å²) in [7, 11) is 1.81. The number of aryl methyl sites for hydroxylation is 1. The number of thiophene rings is 1. The molecule has 0 saturated carbocycles. The van der Waals surface area contributed by atoms with Crippen LogP contribution in [0, 0.1) is 6.92 Å². The van der Waals surface area contributed by atoms with Gasteiger partial charge < -0.3 is 10.2 Å². The third-order valence-electron chi connectivity index (χ3n) is 3.35. The van der Waals surface area contributed by atoms with Crippen LogP contribution in [-0.2, 0) is 6.54 Å². The molecular formula is C16H21N3OS. The topological polar surface area (TPSA) is 45.2 Å². The van der Waals surface area contributed by atoms with Crippen LogP contribution in [0.25, 0.3) is 0 Å². The molecule has 2 aromatic rings. The highest BCUT2D eigenvalue weighted by molar-refractivity contribution is 7.07. The van der Waals surface area contributed by atoms with Gasteiger partial charge in [-0.05, 0) is 53.4 Å². The van der Waals surface area contributed by atoms with E-state index < -0.39 is 0 Å². The van der Waals surface area contributed by atoms with Crippen LogP contribution < -0.4 is 5.32 Å². The van der Waals surface area contributed by atoms with Crippen molar-refractivity contribution >= 4 is 17.4 Å². The van der Waals surface area contributed by atoms with Gasteiger partial charge in [0.2, 0.25) is 0 Å². The Morgan fingerprint density at radius 1 is 1.48 bits per heavy atom. The molecule has 0 unspecified atom stereocenters. The number of carbonyl (C=O) groups is 1. The van der Waals surface area contributed by atoms with E-state index in [1.807, 2.05) is 44.5 Å². The zero-order chi connectivity index (χ0) is 15.2. The average Bonchev–Trinajstić information content (AvgIpc) is 2.97. The molecule has 0 saturated heterocycles. The van der Waals surface area contributed by atoms with Crippen molar-refractivity contribution in [2.75, 3.05) is 7.05 Å². The molecule has 2 aromatic heterocycles. The van der Waals surface area contributed by atoms with Crippen molar-refractivity contribution in [3.05, 3.63) is 52.0 Å². The monoisotopic (exact) mass is 303 g/mol. The maximum Gasteiger partial charge on any atom is 0.317 e. The molecule has 112 valence electrons. The summed E-state index contributed by atoms with van der Waals surface area (Å²) in [5, 5.41) is 7.13. The predicted molar refractivity (Wildman–Crippen MR) is 86.3 cm³/mol. The maximum atomic E-state index is 12.3. The van der Waals surface area contributed by atoms with Crippen molar-refractivity contribution in [2.45, 2.75) is 32.9 Å². The summed E-state index contributed by atoms with van der Waals surface area (Å²) in [5.41, 5.74) is 3.22. The highest BCUT2D eigenvalue weighted by atomic mass is 32.1. The molecule has 2 rings (SSSR count). The zero-order valence-electron chi connectivity index (χ0n) is 12.7. The Balaban J connectivity index is 1.99. The first-order chi connectivity index (χ1) is 10.1. The van der Waals surface area contributed by atoms with Crippen molar-refractivity contribution in [1.29, 1.82) is 0 Å². The molecule has 0 aliphatic carbocycles. The molecule has 0 radical (unpaired) electrons. The number of amides is 2. The summed E-state index contributed by atoms with van der Waals surface area (Å²) in [6, 6.07) is 5.89. The fourth-order valence-electron chi connectivity index (χ4n) is 2.12. The van der Waals surface area contributed by atoms with E-state index in [-0.39, 0.29) is 12.1 Å². The van der Waals surface area contributed by atoms with Crippen LogP contribution in [0.3, 0.4) is 0 Å². The summed E-state index contributed by atoms with van der Waals surface area (Å²) in [6.45, 7) is 4.70. The molecule has 0 aromatic carbocycles. The van der Waals surface area contributed by atoms with Crippen molar-refractivity contribution in [3.8, 4) is 0 Å². The number of rotatable bonds is 5. The van der Waals surface area contributed by atoms with Crippen molar-refractivity contribution in [3.63, 3.8) is 0 Å². The number of carbonyl (C=O) groups excluding carboxylic acids is 1. The standard InChI is InChI=1S/C16H21N3OS/c1-4-14(15-9-12(2)5-7-17-15)18-16(20)19(3)10-13-6-8-21-11-13/h5-9,11,14H,4,10H2,1-3H3,(H,18,20)/t14-/m1/s1. The van der Waals surface area contributed by atoms with Gasteiger partial charge >= 0.3 is 6.03 Å². The second-order valence-corrected chi connectivity index (χ2v) is 5.94. The van der Waals surface area contributed by atoms with Crippen LogP contribution in [0.2, 0.25) is 0 Å². The van der Waals surface area contributed by atoms with Gasteiger partial charge in [0.1, 0.15) is 0 Å². The molecule has 0 bridgehead atoms. The Morgan fingerprint density at radius 2 is 2.29 bits per heavy atom. The number of pyridine rings is 1. The Bertz CT molecular complexity index is 583. The van der Waals surface area contributed by atoms with Crippen molar-refractivity contribution in [1.82, 2.24) is 15.2 Å². The third kappa shape index (κ3) is 4.29. The Kier molecular flexibility index (Phi) is 5.33. The lowest BCUT2D eigenvalue weighted by Crippen LogP contribution is -2.39. The zero-order valence-corrected chi connectivity index (χ0v) is 13.5. The maximum absolute atomic E-state index is 12.3. The second kappa shape index (κ2) is 7.22.